The van der Waals surface area contributed by atoms with E-state index in [4.69, 9.17) is 0 Å². The van der Waals surface area contributed by atoms with Crippen molar-refractivity contribution in [3.63, 3.8) is 0 Å². The first-order valence-corrected chi connectivity index (χ1v) is 17.4. The molecule has 0 bridgehead atoms. The molecule has 0 radical (unpaired) electrons. The predicted molar refractivity (Wildman–Crippen MR) is 163 cm³/mol. The zero-order chi connectivity index (χ0) is 27.5. The zero-order valence-electron chi connectivity index (χ0n) is 25.6. The molecule has 0 aliphatic rings. The van der Waals surface area contributed by atoms with Crippen molar-refractivity contribution < 1.29 is 42.5 Å². The smallest absolute Gasteiger partial charge is 0.744 e. The van der Waals surface area contributed by atoms with Crippen LogP contribution in [0.5, 0.6) is 0 Å². The van der Waals surface area contributed by atoms with Crippen molar-refractivity contribution in [1.29, 1.82) is 0 Å². The molecule has 0 N–H and O–H groups in total. The molecule has 0 aromatic heterocycles. The van der Waals surface area contributed by atoms with E-state index in [0.717, 1.165) is 30.0 Å². The van der Waals surface area contributed by atoms with Crippen LogP contribution in [0.3, 0.4) is 0 Å². The molecule has 0 atom stereocenters. The first-order chi connectivity index (χ1) is 18.5. The molecule has 0 amide bonds. The minimum Gasteiger partial charge on any atom is -0.744 e. The summed E-state index contributed by atoms with van der Waals surface area (Å²) < 4.78 is 36.0. The summed E-state index contributed by atoms with van der Waals surface area (Å²) in [4.78, 5) is -0.0247. The number of fused-ring (bicyclic) bond motifs is 1. The van der Waals surface area contributed by atoms with Gasteiger partial charge in [0, 0.05) is 0 Å². The summed E-state index contributed by atoms with van der Waals surface area (Å²) in [7, 11) is -4.48. The molecule has 0 unspecified atom stereocenters. The molecule has 0 saturated heterocycles. The number of hydrogen-bond donors (Lipinski definition) is 0. The van der Waals surface area contributed by atoms with Gasteiger partial charge in [-0.05, 0) is 59.7 Å². The van der Waals surface area contributed by atoms with Crippen LogP contribution in [0.1, 0.15) is 153 Å². The Labute approximate surface area is 263 Å². The standard InChI is InChI=1S/C34H56O3S.Na/c1-3-5-7-9-11-13-15-17-19-21-23-30-25-26-31-29-34(38(35,36)37)32(28-33(31)27-30)24-22-20-18-16-14-12-10-8-6-4-2;/h25-29H,3-24H2,1-2H3,(H,35,36,37);/q;+1/p-1. The van der Waals surface area contributed by atoms with E-state index in [1.165, 1.54) is 121 Å². The van der Waals surface area contributed by atoms with E-state index in [1.54, 1.807) is 6.07 Å². The van der Waals surface area contributed by atoms with Gasteiger partial charge in [-0.1, -0.05) is 148 Å². The fourth-order valence-corrected chi connectivity index (χ4v) is 6.33. The Bertz CT molecular complexity index is 1000. The van der Waals surface area contributed by atoms with Crippen LogP contribution in [-0.4, -0.2) is 13.0 Å². The average molecular weight is 567 g/mol. The molecule has 0 fully saturated rings. The van der Waals surface area contributed by atoms with Crippen molar-refractivity contribution in [3.8, 4) is 0 Å². The van der Waals surface area contributed by atoms with Gasteiger partial charge >= 0.3 is 29.6 Å². The summed E-state index contributed by atoms with van der Waals surface area (Å²) in [6.07, 6.45) is 27.5. The van der Waals surface area contributed by atoms with Gasteiger partial charge in [0.25, 0.3) is 0 Å². The number of unbranched alkanes of at least 4 members (excludes halogenated alkanes) is 18. The van der Waals surface area contributed by atoms with Gasteiger partial charge < -0.3 is 4.55 Å². The number of hydrogen-bond acceptors (Lipinski definition) is 3. The molecular formula is C34H55NaO3S. The predicted octanol–water partition coefficient (Wildman–Crippen LogP) is 7.67. The van der Waals surface area contributed by atoms with Gasteiger partial charge in [-0.2, -0.15) is 0 Å². The van der Waals surface area contributed by atoms with Crippen LogP contribution in [0.4, 0.5) is 0 Å². The van der Waals surface area contributed by atoms with Crippen LogP contribution in [0.25, 0.3) is 10.8 Å². The molecule has 2 aromatic carbocycles. The Balaban J connectivity index is 0.00000760. The fraction of sp³-hybridized carbons (Fsp3) is 0.706. The fourth-order valence-electron chi connectivity index (χ4n) is 5.58. The summed E-state index contributed by atoms with van der Waals surface area (Å²) >= 11 is 0. The number of aryl methyl sites for hydroxylation is 2. The number of rotatable bonds is 23. The van der Waals surface area contributed by atoms with Crippen LogP contribution >= 0.6 is 0 Å². The Hall–Kier alpha value is -0.390. The van der Waals surface area contributed by atoms with E-state index in [1.807, 2.05) is 12.1 Å². The largest absolute Gasteiger partial charge is 1.00 e. The summed E-state index contributed by atoms with van der Waals surface area (Å²) in [5.74, 6) is 0. The van der Waals surface area contributed by atoms with Gasteiger partial charge in [-0.25, -0.2) is 8.42 Å². The third-order valence-corrected chi connectivity index (χ3v) is 8.89. The molecule has 39 heavy (non-hydrogen) atoms. The second-order valence-corrected chi connectivity index (χ2v) is 12.8. The van der Waals surface area contributed by atoms with Crippen molar-refractivity contribution in [2.45, 2.75) is 160 Å². The molecule has 0 heterocycles. The van der Waals surface area contributed by atoms with Crippen LogP contribution in [0.2, 0.25) is 0 Å². The Kier molecular flexibility index (Phi) is 20.9. The summed E-state index contributed by atoms with van der Waals surface area (Å²) in [5, 5.41) is 1.90. The molecule has 5 heteroatoms. The van der Waals surface area contributed by atoms with Crippen LogP contribution in [-0.2, 0) is 23.0 Å². The van der Waals surface area contributed by atoms with Gasteiger partial charge in [-0.3, -0.25) is 0 Å². The molecule has 0 aliphatic carbocycles. The maximum absolute atomic E-state index is 12.0. The second kappa shape index (κ2) is 22.2. The Morgan fingerprint density at radius 3 is 1.44 bits per heavy atom. The zero-order valence-corrected chi connectivity index (χ0v) is 28.4. The molecule has 3 nitrogen and oxygen atoms in total. The average Bonchev–Trinajstić information content (AvgIpc) is 2.89. The van der Waals surface area contributed by atoms with Crippen molar-refractivity contribution >= 4 is 20.9 Å². The molecule has 0 saturated carbocycles. The van der Waals surface area contributed by atoms with Crippen molar-refractivity contribution in [3.05, 3.63) is 41.5 Å². The van der Waals surface area contributed by atoms with E-state index in [9.17, 15) is 13.0 Å². The van der Waals surface area contributed by atoms with Crippen molar-refractivity contribution in [1.82, 2.24) is 0 Å². The summed E-state index contributed by atoms with van der Waals surface area (Å²) in [5.41, 5.74) is 2.00. The molecular weight excluding hydrogens is 511 g/mol. The Morgan fingerprint density at radius 1 is 0.538 bits per heavy atom. The molecule has 0 spiro atoms. The first-order valence-electron chi connectivity index (χ1n) is 16.0. The summed E-state index contributed by atoms with van der Waals surface area (Å²) in [6, 6.07) is 9.86. The molecule has 2 rings (SSSR count). The maximum Gasteiger partial charge on any atom is 1.00 e. The van der Waals surface area contributed by atoms with Gasteiger partial charge in [0.05, 0.1) is 4.90 Å². The molecule has 2 aromatic rings. The minimum atomic E-state index is -4.48. The quantitative estimate of drug-likeness (QED) is 0.0788. The summed E-state index contributed by atoms with van der Waals surface area (Å²) in [6.45, 7) is 4.51. The van der Waals surface area contributed by atoms with Crippen LogP contribution in [0, 0.1) is 0 Å². The van der Waals surface area contributed by atoms with Crippen LogP contribution < -0.4 is 29.6 Å². The first kappa shape index (κ1) is 36.6. The molecule has 0 aliphatic heterocycles. The van der Waals surface area contributed by atoms with E-state index in [2.05, 4.69) is 26.0 Å². The van der Waals surface area contributed by atoms with E-state index >= 15 is 0 Å². The van der Waals surface area contributed by atoms with Crippen LogP contribution in [0.15, 0.2) is 35.2 Å². The maximum atomic E-state index is 12.0. The third-order valence-electron chi connectivity index (χ3n) is 7.97. The van der Waals surface area contributed by atoms with Gasteiger partial charge in [0.2, 0.25) is 0 Å². The van der Waals surface area contributed by atoms with Gasteiger partial charge in [-0.15, -0.1) is 0 Å². The number of benzene rings is 2. The normalized spacial score (nSPS) is 11.7. The molecule has 216 valence electrons. The topological polar surface area (TPSA) is 57.2 Å². The Morgan fingerprint density at radius 2 is 0.974 bits per heavy atom. The van der Waals surface area contributed by atoms with Gasteiger partial charge in [0.15, 0.2) is 0 Å². The SMILES string of the molecule is CCCCCCCCCCCCc1ccc2cc(S(=O)(=O)[O-])c(CCCCCCCCCCCC)cc2c1.[Na+]. The van der Waals surface area contributed by atoms with Crippen molar-refractivity contribution in [2.75, 3.05) is 0 Å². The van der Waals surface area contributed by atoms with Gasteiger partial charge in [0.1, 0.15) is 10.1 Å². The van der Waals surface area contributed by atoms with Crippen molar-refractivity contribution in [2.24, 2.45) is 0 Å². The third kappa shape index (κ3) is 16.0. The monoisotopic (exact) mass is 566 g/mol. The second-order valence-electron chi connectivity index (χ2n) is 11.5. The van der Waals surface area contributed by atoms with E-state index in [0.29, 0.717) is 12.0 Å². The van der Waals surface area contributed by atoms with E-state index < -0.39 is 10.1 Å². The van der Waals surface area contributed by atoms with E-state index in [-0.39, 0.29) is 34.5 Å². The minimum absolute atomic E-state index is 0.